The van der Waals surface area contributed by atoms with Crippen molar-refractivity contribution in [2.45, 2.75) is 44.8 Å². The molecule has 2 nitrogen and oxygen atoms in total. The molecule has 4 heteroatoms. The van der Waals surface area contributed by atoms with E-state index in [1.54, 1.807) is 11.3 Å². The summed E-state index contributed by atoms with van der Waals surface area (Å²) in [5, 5.41) is 15.3. The molecule has 1 heterocycles. The van der Waals surface area contributed by atoms with Crippen molar-refractivity contribution in [2.75, 3.05) is 6.54 Å². The van der Waals surface area contributed by atoms with E-state index in [2.05, 4.69) is 32.7 Å². The lowest BCUT2D eigenvalue weighted by molar-refractivity contribution is 0.140. The third kappa shape index (κ3) is 4.70. The lowest BCUT2D eigenvalue weighted by Gasteiger charge is -2.15. The minimum atomic E-state index is -0.179. The van der Waals surface area contributed by atoms with E-state index >= 15 is 0 Å². The highest BCUT2D eigenvalue weighted by molar-refractivity contribution is 9.10. The molecule has 0 amide bonds. The summed E-state index contributed by atoms with van der Waals surface area (Å²) in [7, 11) is 0. The summed E-state index contributed by atoms with van der Waals surface area (Å²) in [6.07, 6.45) is 6.13. The van der Waals surface area contributed by atoms with Gasteiger partial charge in [-0.2, -0.15) is 0 Å². The molecule has 1 atom stereocenters. The van der Waals surface area contributed by atoms with Crippen molar-refractivity contribution in [3.05, 3.63) is 20.8 Å². The molecule has 1 aromatic heterocycles. The van der Waals surface area contributed by atoms with E-state index in [0.29, 0.717) is 6.54 Å². The number of nitrogens with one attached hydrogen (secondary N) is 1. The second-order valence-corrected chi connectivity index (χ2v) is 6.81. The van der Waals surface area contributed by atoms with Gasteiger partial charge in [0, 0.05) is 27.8 Å². The van der Waals surface area contributed by atoms with Crippen molar-refractivity contribution in [2.24, 2.45) is 5.92 Å². The van der Waals surface area contributed by atoms with Crippen molar-refractivity contribution in [3.63, 3.8) is 0 Å². The summed E-state index contributed by atoms with van der Waals surface area (Å²) in [6.45, 7) is 1.57. The predicted octanol–water partition coefficient (Wildman–Crippen LogP) is 3.54. The molecule has 1 fully saturated rings. The van der Waals surface area contributed by atoms with Crippen LogP contribution in [0.4, 0.5) is 0 Å². The Bertz CT molecular complexity index is 336. The lowest BCUT2D eigenvalue weighted by Crippen LogP contribution is -2.27. The summed E-state index contributed by atoms with van der Waals surface area (Å²) in [5.41, 5.74) is 0. The SMILES string of the molecule is OC(CNCc1cc(Br)cs1)CC1CCCC1. The molecule has 0 saturated heterocycles. The van der Waals surface area contributed by atoms with Crippen LogP contribution >= 0.6 is 27.3 Å². The molecular formula is C13H20BrNOS. The second-order valence-electron chi connectivity index (χ2n) is 4.90. The molecule has 0 radical (unpaired) electrons. The van der Waals surface area contributed by atoms with Crippen LogP contribution in [0.2, 0.25) is 0 Å². The van der Waals surface area contributed by atoms with Gasteiger partial charge in [-0.1, -0.05) is 25.7 Å². The Labute approximate surface area is 116 Å². The number of hydrogen-bond acceptors (Lipinski definition) is 3. The van der Waals surface area contributed by atoms with Crippen LogP contribution < -0.4 is 5.32 Å². The van der Waals surface area contributed by atoms with Crippen LogP contribution in [-0.4, -0.2) is 17.8 Å². The lowest BCUT2D eigenvalue weighted by atomic mass is 10.0. The van der Waals surface area contributed by atoms with Gasteiger partial charge in [0.25, 0.3) is 0 Å². The zero-order valence-electron chi connectivity index (χ0n) is 9.99. The van der Waals surface area contributed by atoms with Gasteiger partial charge in [-0.05, 0) is 34.3 Å². The van der Waals surface area contributed by atoms with Crippen molar-refractivity contribution in [1.82, 2.24) is 5.32 Å². The molecule has 1 saturated carbocycles. The summed E-state index contributed by atoms with van der Waals surface area (Å²) in [6, 6.07) is 2.13. The Kier molecular flexibility index (Phi) is 5.48. The fraction of sp³-hybridized carbons (Fsp3) is 0.692. The van der Waals surface area contributed by atoms with Crippen molar-refractivity contribution >= 4 is 27.3 Å². The zero-order valence-corrected chi connectivity index (χ0v) is 12.4. The number of rotatable bonds is 6. The van der Waals surface area contributed by atoms with Gasteiger partial charge in [-0.15, -0.1) is 11.3 Å². The predicted molar refractivity (Wildman–Crippen MR) is 76.3 cm³/mol. The first-order chi connectivity index (χ1) is 8.24. The maximum atomic E-state index is 9.92. The van der Waals surface area contributed by atoms with Crippen LogP contribution in [0.5, 0.6) is 0 Å². The Balaban J connectivity index is 1.60. The molecule has 0 spiro atoms. The summed E-state index contributed by atoms with van der Waals surface area (Å²) in [5.74, 6) is 0.766. The van der Waals surface area contributed by atoms with Crippen molar-refractivity contribution in [3.8, 4) is 0 Å². The normalized spacial score (nSPS) is 18.7. The van der Waals surface area contributed by atoms with Gasteiger partial charge < -0.3 is 10.4 Å². The van der Waals surface area contributed by atoms with Gasteiger partial charge in [0.1, 0.15) is 0 Å². The van der Waals surface area contributed by atoms with E-state index in [1.807, 2.05) is 0 Å². The number of halogens is 1. The van der Waals surface area contributed by atoms with Crippen LogP contribution in [0.1, 0.15) is 37.0 Å². The Morgan fingerprint density at radius 1 is 1.47 bits per heavy atom. The van der Waals surface area contributed by atoms with Crippen molar-refractivity contribution < 1.29 is 5.11 Å². The molecule has 17 heavy (non-hydrogen) atoms. The van der Waals surface area contributed by atoms with Crippen LogP contribution in [0.25, 0.3) is 0 Å². The number of aliphatic hydroxyl groups is 1. The third-order valence-corrected chi connectivity index (χ3v) is 5.08. The Morgan fingerprint density at radius 2 is 2.24 bits per heavy atom. The molecule has 96 valence electrons. The topological polar surface area (TPSA) is 32.3 Å². The van der Waals surface area contributed by atoms with E-state index in [9.17, 15) is 5.11 Å². The molecule has 1 aromatic rings. The van der Waals surface area contributed by atoms with Gasteiger partial charge in [0.2, 0.25) is 0 Å². The average Bonchev–Trinajstić information content (AvgIpc) is 2.90. The minimum absolute atomic E-state index is 0.179. The van der Waals surface area contributed by atoms with Gasteiger partial charge in [0.15, 0.2) is 0 Å². The molecular weight excluding hydrogens is 298 g/mol. The molecule has 1 unspecified atom stereocenters. The molecule has 1 aliphatic rings. The van der Waals surface area contributed by atoms with Crippen LogP contribution in [-0.2, 0) is 6.54 Å². The van der Waals surface area contributed by atoms with Gasteiger partial charge in [-0.25, -0.2) is 0 Å². The third-order valence-electron chi connectivity index (χ3n) is 3.38. The quantitative estimate of drug-likeness (QED) is 0.841. The van der Waals surface area contributed by atoms with E-state index in [1.165, 1.54) is 30.6 Å². The van der Waals surface area contributed by atoms with E-state index in [0.717, 1.165) is 23.4 Å². The monoisotopic (exact) mass is 317 g/mol. The van der Waals surface area contributed by atoms with Crippen LogP contribution in [0.15, 0.2) is 15.9 Å². The largest absolute Gasteiger partial charge is 0.392 e. The molecule has 0 aromatic carbocycles. The highest BCUT2D eigenvalue weighted by atomic mass is 79.9. The maximum Gasteiger partial charge on any atom is 0.0667 e. The molecule has 1 aliphatic carbocycles. The molecule has 2 rings (SSSR count). The Morgan fingerprint density at radius 3 is 2.88 bits per heavy atom. The maximum absolute atomic E-state index is 9.92. The van der Waals surface area contributed by atoms with Crippen LogP contribution in [0, 0.1) is 5.92 Å². The first-order valence-electron chi connectivity index (χ1n) is 6.35. The summed E-state index contributed by atoms with van der Waals surface area (Å²) < 4.78 is 1.14. The highest BCUT2D eigenvalue weighted by Crippen LogP contribution is 2.28. The van der Waals surface area contributed by atoms with Gasteiger partial charge in [0.05, 0.1) is 6.10 Å². The summed E-state index contributed by atoms with van der Waals surface area (Å²) in [4.78, 5) is 1.31. The van der Waals surface area contributed by atoms with Crippen molar-refractivity contribution in [1.29, 1.82) is 0 Å². The summed E-state index contributed by atoms with van der Waals surface area (Å²) >= 11 is 5.19. The first kappa shape index (κ1) is 13.5. The number of thiophene rings is 1. The van der Waals surface area contributed by atoms with E-state index < -0.39 is 0 Å². The minimum Gasteiger partial charge on any atom is -0.392 e. The van der Waals surface area contributed by atoms with Gasteiger partial charge in [-0.3, -0.25) is 0 Å². The fourth-order valence-corrected chi connectivity index (χ4v) is 3.94. The van der Waals surface area contributed by atoms with Gasteiger partial charge >= 0.3 is 0 Å². The van der Waals surface area contributed by atoms with E-state index in [-0.39, 0.29) is 6.10 Å². The number of hydrogen-bond donors (Lipinski definition) is 2. The first-order valence-corrected chi connectivity index (χ1v) is 8.03. The second kappa shape index (κ2) is 6.88. The Hall–Kier alpha value is 0.1000. The smallest absolute Gasteiger partial charge is 0.0667 e. The molecule has 0 aliphatic heterocycles. The standard InChI is InChI=1S/C13H20BrNOS/c14-11-6-13(17-9-11)8-15-7-12(16)5-10-3-1-2-4-10/h6,9-10,12,15-16H,1-5,7-8H2. The fourth-order valence-electron chi connectivity index (χ4n) is 2.52. The number of aliphatic hydroxyl groups excluding tert-OH is 1. The molecule has 2 N–H and O–H groups in total. The van der Waals surface area contributed by atoms with E-state index in [4.69, 9.17) is 0 Å². The molecule has 0 bridgehead atoms. The zero-order chi connectivity index (χ0) is 12.1. The average molecular weight is 318 g/mol. The highest BCUT2D eigenvalue weighted by Gasteiger charge is 2.18. The van der Waals surface area contributed by atoms with Crippen LogP contribution in [0.3, 0.4) is 0 Å².